The molecule has 0 aliphatic carbocycles. The van der Waals surface area contributed by atoms with Gasteiger partial charge in [0, 0.05) is 120 Å². The molecule has 32 nitrogen and oxygen atoms in total. The number of hydrogen-bond donors (Lipinski definition) is 4. The van der Waals surface area contributed by atoms with Gasteiger partial charge in [-0.1, -0.05) is 159 Å². The maximum atomic E-state index is 13.1. The van der Waals surface area contributed by atoms with Gasteiger partial charge in [-0.25, -0.2) is 19.9 Å². The molecule has 28 atom stereocenters. The van der Waals surface area contributed by atoms with Gasteiger partial charge in [0.1, 0.15) is 22.1 Å². The van der Waals surface area contributed by atoms with Gasteiger partial charge in [-0.2, -0.15) is 0 Å². The van der Waals surface area contributed by atoms with Gasteiger partial charge in [0.2, 0.25) is 0 Å². The second-order valence-electron chi connectivity index (χ2n) is 42.7. The molecule has 146 heavy (non-hydrogen) atoms. The van der Waals surface area contributed by atoms with Crippen LogP contribution in [0.15, 0.2) is 164 Å². The van der Waals surface area contributed by atoms with Crippen LogP contribution >= 0.6 is 0 Å². The van der Waals surface area contributed by atoms with Crippen molar-refractivity contribution < 1.29 is 114 Å². The number of rotatable bonds is 24. The Hall–Kier alpha value is -9.85. The number of fused-ring (bicyclic) bond motifs is 4. The Morgan fingerprint density at radius 1 is 0.301 bits per heavy atom. The third-order valence-electron chi connectivity index (χ3n) is 32.5. The molecule has 20 rings (SSSR count). The number of carboxylic acid groups (broad SMARTS) is 4. The second-order valence-corrected chi connectivity index (χ2v) is 42.7. The van der Waals surface area contributed by atoms with Gasteiger partial charge in [-0.15, -0.1) is 0 Å². The molecular formula is C112H132CaMgN8O24. The third-order valence-corrected chi connectivity index (χ3v) is 32.5. The van der Waals surface area contributed by atoms with E-state index in [1.807, 2.05) is 52.0 Å². The van der Waals surface area contributed by atoms with Crippen LogP contribution in [0, 0.1) is 94.7 Å². The zero-order chi connectivity index (χ0) is 102. The summed E-state index contributed by atoms with van der Waals surface area (Å²) in [6.07, 6.45) is 16.9. The Morgan fingerprint density at radius 3 is 0.678 bits per heavy atom. The summed E-state index contributed by atoms with van der Waals surface area (Å²) in [5.41, 5.74) is 5.24. The number of ether oxygens (including phenoxy) is 8. The summed E-state index contributed by atoms with van der Waals surface area (Å²) in [6.45, 7) is 33.5. The van der Waals surface area contributed by atoms with E-state index < -0.39 is 47.0 Å². The van der Waals surface area contributed by atoms with Crippen molar-refractivity contribution >= 4 is 152 Å². The van der Waals surface area contributed by atoms with Gasteiger partial charge in [-0.05, 0) is 172 Å². The van der Waals surface area contributed by atoms with E-state index >= 15 is 0 Å². The molecule has 4 aromatic carbocycles. The van der Waals surface area contributed by atoms with Crippen molar-refractivity contribution in [3.63, 3.8) is 0 Å². The number of carbonyl (C=O) groups is 8. The molecule has 768 valence electrons. The number of carboxylic acids is 4. The van der Waals surface area contributed by atoms with Crippen LogP contribution in [0.5, 0.6) is 0 Å². The van der Waals surface area contributed by atoms with Gasteiger partial charge in [0.25, 0.3) is 0 Å². The zero-order valence-electron chi connectivity index (χ0n) is 86.0. The van der Waals surface area contributed by atoms with Crippen molar-refractivity contribution in [3.8, 4) is 0 Å². The SMILES string of the molecule is C[C@@H]1C[C@@H](C)[C@@]2(CC[C@@H](C)[C@@H](Cc3nc4c(C(=O)[O-])cccc4o3)O2)O[C@@H]1[C@H](C)C(=O)c1ccc[nH]1.C[C@@H]1C[C@@H](C)[C@@]2(CC[C@@H](C)[C@@H](Cc3nc4c(C(=O)[O-])cccc4o3)O2)O[C@@H]1[C@H](C)C(=O)c1ccc[nH]1.C[C@@H]1C[C@@H](C)[C@@]2(CC[C@@H](C)[C@@H](Cc3nc4c(C(=O)[O-])cccc4o3)O2)O[C@@H]1[C@H](C)C(=O)c1ccc[nH]1.C[C@@H]1C[C@@H](C)[C@@]2(CC[C@@H](C)[C@@H](Cc3nc4c(C(=O)[O-])cccc4o3)O2)O[C@@H]1[C@H](C)C(=O)c1ccc[nH]1.[Ca+2].[Mg+2]. The molecule has 8 aromatic heterocycles. The fourth-order valence-corrected chi connectivity index (χ4v) is 23.9. The average Bonchev–Trinajstić information content (AvgIpc) is 1.28. The molecule has 8 aliphatic rings. The summed E-state index contributed by atoms with van der Waals surface area (Å²) in [5, 5.41) is 45.9. The molecule has 0 saturated carbocycles. The number of aromatic carboxylic acids is 4. The van der Waals surface area contributed by atoms with E-state index in [9.17, 15) is 58.8 Å². The number of aromatic nitrogens is 8. The van der Waals surface area contributed by atoms with Crippen LogP contribution in [0.3, 0.4) is 0 Å². The van der Waals surface area contributed by atoms with Crippen LogP contribution < -0.4 is 20.4 Å². The first kappa shape index (κ1) is 110. The molecule has 4 N–H and O–H groups in total. The summed E-state index contributed by atoms with van der Waals surface area (Å²) >= 11 is 0. The van der Waals surface area contributed by atoms with Crippen LogP contribution in [0.4, 0.5) is 0 Å². The van der Waals surface area contributed by atoms with E-state index in [4.69, 9.17) is 55.6 Å². The fraction of sp³-hybridized carbons (Fsp3) is 0.536. The van der Waals surface area contributed by atoms with Crippen molar-refractivity contribution in [2.75, 3.05) is 0 Å². The summed E-state index contributed by atoms with van der Waals surface area (Å²) in [6, 6.07) is 33.6. The van der Waals surface area contributed by atoms with Crippen LogP contribution in [0.1, 0.15) is 295 Å². The molecule has 0 amide bonds. The predicted molar refractivity (Wildman–Crippen MR) is 532 cm³/mol. The Kier molecular flexibility index (Phi) is 34.7. The molecular weight excluding hydrogens is 1910 g/mol. The molecule has 8 aliphatic heterocycles. The smallest absolute Gasteiger partial charge is 0.545 e. The van der Waals surface area contributed by atoms with Gasteiger partial charge < -0.3 is 115 Å². The number of para-hydroxylation sites is 4. The topological polar surface area (TPSA) is 470 Å². The van der Waals surface area contributed by atoms with E-state index in [2.05, 4.69) is 123 Å². The normalized spacial score (nSPS) is 31.1. The van der Waals surface area contributed by atoms with Crippen molar-refractivity contribution in [1.82, 2.24) is 39.9 Å². The van der Waals surface area contributed by atoms with Gasteiger partial charge in [-0.3, -0.25) is 19.2 Å². The van der Waals surface area contributed by atoms with Crippen LogP contribution in [-0.4, -0.2) is 220 Å². The number of H-pyrrole nitrogens is 4. The monoisotopic (exact) mass is 2040 g/mol. The summed E-state index contributed by atoms with van der Waals surface area (Å²) in [4.78, 5) is 128. The molecule has 8 fully saturated rings. The number of hydrogen-bond acceptors (Lipinski definition) is 28. The Labute approximate surface area is 894 Å². The average molecular weight is 2040 g/mol. The summed E-state index contributed by atoms with van der Waals surface area (Å²) in [7, 11) is 0. The zero-order valence-corrected chi connectivity index (χ0v) is 89.7. The minimum Gasteiger partial charge on any atom is -0.545 e. The Balaban J connectivity index is 0.000000145. The Bertz CT molecular complexity index is 5800. The maximum absolute atomic E-state index is 13.1. The number of benzene rings is 4. The fourth-order valence-electron chi connectivity index (χ4n) is 23.9. The summed E-state index contributed by atoms with van der Waals surface area (Å²) < 4.78 is 77.6. The van der Waals surface area contributed by atoms with E-state index in [0.29, 0.717) is 116 Å². The first-order chi connectivity index (χ1) is 68.7. The molecule has 0 unspecified atom stereocenters. The number of aromatic amines is 4. The summed E-state index contributed by atoms with van der Waals surface area (Å²) in [5.74, 6) is -5.31. The largest absolute Gasteiger partial charge is 2.00 e. The number of oxazole rings is 4. The molecule has 16 heterocycles. The van der Waals surface area contributed by atoms with Gasteiger partial charge in [0.15, 0.2) is 92.2 Å². The standard InChI is InChI=1S/4C28H34N2O6.Ca.Mg/c4*1-15-10-11-28(17(3)13-16(2)26(36-28)18(4)25(31)20-8-6-12-29-20)35-22(15)14-23-30-24-19(27(32)33)7-5-9-21(24)34-23;;/h4*5-9,12,15-18,22,26,29H,10-11,13-14H2,1-4H3,(H,32,33);;/q;;;;2*+2/p-4/t4*15-,16-,17-,18-,22-,26+,28-;;/m1111../s1. The maximum Gasteiger partial charge on any atom is 2.00 e. The van der Waals surface area contributed by atoms with Crippen molar-refractivity contribution in [3.05, 3.63) is 215 Å². The van der Waals surface area contributed by atoms with Crippen molar-refractivity contribution in [1.29, 1.82) is 0 Å². The molecule has 0 bridgehead atoms. The first-order valence-corrected chi connectivity index (χ1v) is 51.2. The van der Waals surface area contributed by atoms with Crippen molar-refractivity contribution in [2.45, 2.75) is 285 Å². The van der Waals surface area contributed by atoms with E-state index in [1.54, 1.807) is 97.6 Å². The Morgan fingerprint density at radius 2 is 0.500 bits per heavy atom. The molecule has 0 radical (unpaired) electrons. The van der Waals surface area contributed by atoms with Crippen LogP contribution in [-0.2, 0) is 63.6 Å². The van der Waals surface area contributed by atoms with E-state index in [-0.39, 0.29) is 250 Å². The minimum atomic E-state index is -1.28. The van der Waals surface area contributed by atoms with Crippen LogP contribution in [0.2, 0.25) is 0 Å². The molecule has 4 spiro atoms. The van der Waals surface area contributed by atoms with E-state index in [1.165, 1.54) is 24.3 Å². The van der Waals surface area contributed by atoms with Crippen LogP contribution in [0.25, 0.3) is 44.4 Å². The first-order valence-electron chi connectivity index (χ1n) is 51.2. The number of carbonyl (C=O) groups excluding carboxylic acids is 8. The number of ketones is 4. The second kappa shape index (κ2) is 45.9. The number of Topliss-reactive ketones (excluding diaryl/α,β-unsaturated/α-hetero) is 4. The predicted octanol–water partition coefficient (Wildman–Crippen LogP) is 15.9. The molecule has 8 saturated heterocycles. The molecule has 12 aromatic rings. The van der Waals surface area contributed by atoms with Gasteiger partial charge in [0.05, 0.1) is 121 Å². The third kappa shape index (κ3) is 22.9. The quantitative estimate of drug-likeness (QED) is 0.0322. The number of nitrogens with one attached hydrogen (secondary N) is 4. The minimum absolute atomic E-state index is 0. The van der Waals surface area contributed by atoms with Gasteiger partial charge >= 0.3 is 60.8 Å². The number of nitrogens with zero attached hydrogens (tertiary/aromatic N) is 4. The van der Waals surface area contributed by atoms with Crippen molar-refractivity contribution in [2.24, 2.45) is 94.7 Å². The van der Waals surface area contributed by atoms with E-state index in [0.717, 1.165) is 77.0 Å². The molecule has 34 heteroatoms.